The van der Waals surface area contributed by atoms with Crippen molar-refractivity contribution in [1.82, 2.24) is 0 Å². The van der Waals surface area contributed by atoms with Gasteiger partial charge < -0.3 is 10.0 Å². The summed E-state index contributed by atoms with van der Waals surface area (Å²) in [6.07, 6.45) is 0. The highest BCUT2D eigenvalue weighted by molar-refractivity contribution is 6.58. The summed E-state index contributed by atoms with van der Waals surface area (Å²) in [6.45, 7) is 0. The highest BCUT2D eigenvalue weighted by Crippen LogP contribution is 2.10. The molecule has 0 spiro atoms. The van der Waals surface area contributed by atoms with Crippen molar-refractivity contribution in [2.75, 3.05) is 0 Å². The first-order valence-electron chi connectivity index (χ1n) is 3.14. The maximum atomic E-state index is 12.6. The van der Waals surface area contributed by atoms with Crippen LogP contribution in [-0.2, 0) is 0 Å². The average molecular weight is 194 g/mol. The second-order valence-corrected chi connectivity index (χ2v) is 2.26. The van der Waals surface area contributed by atoms with E-state index in [0.29, 0.717) is 0 Å². The van der Waals surface area contributed by atoms with Gasteiger partial charge in [0.25, 0.3) is 0 Å². The lowest BCUT2D eigenvalue weighted by atomic mass is 9.79. The van der Waals surface area contributed by atoms with Crippen LogP contribution >= 0.6 is 0 Å². The van der Waals surface area contributed by atoms with Crippen molar-refractivity contribution in [1.29, 1.82) is 0 Å². The lowest BCUT2D eigenvalue weighted by molar-refractivity contribution is 0.407. The molecule has 0 bridgehead atoms. The summed E-state index contributed by atoms with van der Waals surface area (Å²) in [6, 6.07) is 0.0349. The minimum atomic E-state index is -2.52. The molecule has 1 rings (SSSR count). The summed E-state index contributed by atoms with van der Waals surface area (Å²) in [5.41, 5.74) is -1.31. The molecule has 2 N–H and O–H groups in total. The second kappa shape index (κ2) is 3.35. The Balaban J connectivity index is 3.44. The Bertz CT molecular complexity index is 342. The van der Waals surface area contributed by atoms with Crippen LogP contribution in [-0.4, -0.2) is 17.2 Å². The largest absolute Gasteiger partial charge is 0.494 e. The minimum Gasteiger partial charge on any atom is -0.423 e. The van der Waals surface area contributed by atoms with Crippen molar-refractivity contribution in [3.05, 3.63) is 29.3 Å². The van der Waals surface area contributed by atoms with Gasteiger partial charge in [0.2, 0.25) is 0 Å². The Labute approximate surface area is 70.6 Å². The van der Waals surface area contributed by atoms with Crippen LogP contribution in [0.25, 0.3) is 0 Å². The molecule has 0 saturated heterocycles. The van der Waals surface area contributed by atoms with Crippen molar-refractivity contribution in [3.63, 3.8) is 0 Å². The molecule has 0 unspecified atom stereocenters. The summed E-state index contributed by atoms with van der Waals surface area (Å²) in [4.78, 5) is 0. The van der Waals surface area contributed by atoms with E-state index in [2.05, 4.69) is 0 Å². The molecule has 0 atom stereocenters. The third kappa shape index (κ3) is 1.66. The van der Waals surface area contributed by atoms with Gasteiger partial charge in [0.05, 0.1) is 5.46 Å². The monoisotopic (exact) mass is 194 g/mol. The zero-order valence-corrected chi connectivity index (χ0v) is 6.06. The quantitative estimate of drug-likeness (QED) is 0.284. The molecular formula is C6H3BF4O2. The van der Waals surface area contributed by atoms with E-state index < -0.39 is 35.9 Å². The molecule has 1 aromatic rings. The summed E-state index contributed by atoms with van der Waals surface area (Å²) >= 11 is 0. The molecule has 2 nitrogen and oxygen atoms in total. The molecular weight excluding hydrogens is 191 g/mol. The summed E-state index contributed by atoms with van der Waals surface area (Å²) in [7, 11) is -2.52. The summed E-state index contributed by atoms with van der Waals surface area (Å²) < 4.78 is 49.8. The van der Waals surface area contributed by atoms with Crippen LogP contribution in [0.5, 0.6) is 0 Å². The van der Waals surface area contributed by atoms with Crippen molar-refractivity contribution in [2.45, 2.75) is 0 Å². The Kier molecular flexibility index (Phi) is 2.58. The fourth-order valence-electron chi connectivity index (χ4n) is 0.817. The molecule has 1 aromatic carbocycles. The maximum Gasteiger partial charge on any atom is 0.494 e. The van der Waals surface area contributed by atoms with Gasteiger partial charge in [-0.2, -0.15) is 0 Å². The number of hydrogen-bond donors (Lipinski definition) is 2. The van der Waals surface area contributed by atoms with Gasteiger partial charge in [-0.3, -0.25) is 0 Å². The predicted molar refractivity (Wildman–Crippen MR) is 36.1 cm³/mol. The minimum absolute atomic E-state index is 0.0349. The van der Waals surface area contributed by atoms with Crippen molar-refractivity contribution in [2.24, 2.45) is 0 Å². The molecule has 70 valence electrons. The first kappa shape index (κ1) is 10.0. The number of hydrogen-bond acceptors (Lipinski definition) is 2. The van der Waals surface area contributed by atoms with Gasteiger partial charge in [-0.25, -0.2) is 17.6 Å². The molecule has 7 heteroatoms. The average Bonchev–Trinajstić information content (AvgIpc) is 1.99. The maximum absolute atomic E-state index is 12.6. The SMILES string of the molecule is OB(O)c1c(F)cc(F)c(F)c1F. The second-order valence-electron chi connectivity index (χ2n) is 2.26. The zero-order valence-electron chi connectivity index (χ0n) is 6.06. The van der Waals surface area contributed by atoms with E-state index in [1.54, 1.807) is 0 Å². The van der Waals surface area contributed by atoms with E-state index in [9.17, 15) is 17.6 Å². The topological polar surface area (TPSA) is 40.5 Å². The fourth-order valence-corrected chi connectivity index (χ4v) is 0.817. The van der Waals surface area contributed by atoms with E-state index in [4.69, 9.17) is 10.0 Å². The van der Waals surface area contributed by atoms with E-state index in [1.807, 2.05) is 0 Å². The number of benzene rings is 1. The molecule has 0 radical (unpaired) electrons. The number of rotatable bonds is 1. The summed E-state index contributed by atoms with van der Waals surface area (Å²) in [5, 5.41) is 16.8. The smallest absolute Gasteiger partial charge is 0.423 e. The first-order chi connectivity index (χ1) is 5.95. The van der Waals surface area contributed by atoms with Crippen LogP contribution in [0.3, 0.4) is 0 Å². The standard InChI is InChI=1S/C6H3BF4O2/c8-2-1-3(9)5(10)6(11)4(2)7(12)13/h1,12-13H. The van der Waals surface area contributed by atoms with Gasteiger partial charge in [0, 0.05) is 6.07 Å². The van der Waals surface area contributed by atoms with Crippen LogP contribution in [0.4, 0.5) is 17.6 Å². The van der Waals surface area contributed by atoms with Crippen LogP contribution in [0.15, 0.2) is 6.07 Å². The van der Waals surface area contributed by atoms with Gasteiger partial charge in [-0.1, -0.05) is 0 Å². The Morgan fingerprint density at radius 1 is 0.923 bits per heavy atom. The van der Waals surface area contributed by atoms with Crippen molar-refractivity contribution >= 4 is 12.6 Å². The zero-order chi connectivity index (χ0) is 10.2. The molecule has 0 aliphatic carbocycles. The van der Waals surface area contributed by atoms with Crippen LogP contribution in [0.1, 0.15) is 0 Å². The molecule has 13 heavy (non-hydrogen) atoms. The molecule has 0 heterocycles. The van der Waals surface area contributed by atoms with Crippen LogP contribution in [0.2, 0.25) is 0 Å². The summed E-state index contributed by atoms with van der Waals surface area (Å²) in [5.74, 6) is -7.15. The molecule has 0 aliphatic heterocycles. The predicted octanol–water partition coefficient (Wildman–Crippen LogP) is -0.0772. The molecule has 0 aliphatic rings. The Morgan fingerprint density at radius 2 is 1.46 bits per heavy atom. The van der Waals surface area contributed by atoms with E-state index in [-0.39, 0.29) is 6.07 Å². The first-order valence-corrected chi connectivity index (χ1v) is 3.14. The van der Waals surface area contributed by atoms with Gasteiger partial charge in [0.15, 0.2) is 17.5 Å². The van der Waals surface area contributed by atoms with Gasteiger partial charge >= 0.3 is 7.12 Å². The third-order valence-corrected chi connectivity index (χ3v) is 1.41. The van der Waals surface area contributed by atoms with Crippen molar-refractivity contribution in [3.8, 4) is 0 Å². The molecule has 0 fully saturated rings. The van der Waals surface area contributed by atoms with Crippen LogP contribution < -0.4 is 5.46 Å². The normalized spacial score (nSPS) is 10.3. The molecule has 0 saturated carbocycles. The molecule has 0 aromatic heterocycles. The highest BCUT2D eigenvalue weighted by atomic mass is 19.2. The molecule has 0 amide bonds. The third-order valence-electron chi connectivity index (χ3n) is 1.41. The van der Waals surface area contributed by atoms with Gasteiger partial charge in [-0.15, -0.1) is 0 Å². The van der Waals surface area contributed by atoms with E-state index >= 15 is 0 Å². The fraction of sp³-hybridized carbons (Fsp3) is 0. The van der Waals surface area contributed by atoms with Crippen LogP contribution in [0, 0.1) is 23.3 Å². The van der Waals surface area contributed by atoms with E-state index in [1.165, 1.54) is 0 Å². The van der Waals surface area contributed by atoms with Gasteiger partial charge in [0.1, 0.15) is 5.82 Å². The van der Waals surface area contributed by atoms with Crippen molar-refractivity contribution < 1.29 is 27.6 Å². The Morgan fingerprint density at radius 3 is 1.92 bits per heavy atom. The lowest BCUT2D eigenvalue weighted by Gasteiger charge is -2.04. The van der Waals surface area contributed by atoms with Gasteiger partial charge in [-0.05, 0) is 0 Å². The Hall–Kier alpha value is -1.08. The lowest BCUT2D eigenvalue weighted by Crippen LogP contribution is -2.36. The van der Waals surface area contributed by atoms with E-state index in [0.717, 1.165) is 0 Å². The highest BCUT2D eigenvalue weighted by Gasteiger charge is 2.26. The number of halogens is 4.